The zero-order valence-corrected chi connectivity index (χ0v) is 12.3. The second-order valence-electron chi connectivity index (χ2n) is 5.91. The van der Waals surface area contributed by atoms with Gasteiger partial charge in [-0.05, 0) is 25.0 Å². The maximum absolute atomic E-state index is 13.7. The van der Waals surface area contributed by atoms with E-state index < -0.39 is 5.82 Å². The Morgan fingerprint density at radius 1 is 1.18 bits per heavy atom. The van der Waals surface area contributed by atoms with Crippen molar-refractivity contribution in [2.75, 3.05) is 26.2 Å². The van der Waals surface area contributed by atoms with Crippen LogP contribution >= 0.6 is 0 Å². The number of carbonyl (C=O) groups is 2. The summed E-state index contributed by atoms with van der Waals surface area (Å²) < 4.78 is 13.7. The van der Waals surface area contributed by atoms with Gasteiger partial charge in [-0.3, -0.25) is 9.59 Å². The van der Waals surface area contributed by atoms with E-state index in [-0.39, 0.29) is 29.3 Å². The van der Waals surface area contributed by atoms with E-state index >= 15 is 0 Å². The quantitative estimate of drug-likeness (QED) is 0.867. The molecule has 5 nitrogen and oxygen atoms in total. The first-order chi connectivity index (χ1) is 10.6. The average molecular weight is 305 g/mol. The summed E-state index contributed by atoms with van der Waals surface area (Å²) in [5.74, 6) is -0.581. The molecule has 2 heterocycles. The van der Waals surface area contributed by atoms with Crippen LogP contribution < -0.4 is 10.6 Å². The van der Waals surface area contributed by atoms with Gasteiger partial charge in [-0.15, -0.1) is 0 Å². The Hall–Kier alpha value is -1.95. The summed E-state index contributed by atoms with van der Waals surface area (Å²) in [6, 6.07) is 6.15. The Bertz CT molecular complexity index is 566. The lowest BCUT2D eigenvalue weighted by Gasteiger charge is -2.34. The van der Waals surface area contributed by atoms with Crippen LogP contribution in [0.15, 0.2) is 24.3 Å². The summed E-state index contributed by atoms with van der Waals surface area (Å²) in [7, 11) is 0. The van der Waals surface area contributed by atoms with Crippen LogP contribution in [0.3, 0.4) is 0 Å². The molecule has 1 aromatic rings. The molecule has 0 bridgehead atoms. The zero-order valence-electron chi connectivity index (χ0n) is 12.3. The van der Waals surface area contributed by atoms with Crippen LogP contribution in [0.5, 0.6) is 0 Å². The molecule has 0 aromatic heterocycles. The molecule has 0 spiro atoms. The molecule has 2 aliphatic heterocycles. The fourth-order valence-electron chi connectivity index (χ4n) is 2.83. The van der Waals surface area contributed by atoms with Crippen molar-refractivity contribution < 1.29 is 14.0 Å². The number of nitrogens with one attached hydrogen (secondary N) is 2. The standard InChI is InChI=1S/C16H20FN3O2/c17-14-4-2-1-3-13(14)16(22)20-7-5-12(6-8-20)19-15(21)11-9-18-10-11/h1-4,11-12,18H,5-10H2,(H,19,21). The number of nitrogens with zero attached hydrogens (tertiary/aromatic N) is 1. The summed E-state index contributed by atoms with van der Waals surface area (Å²) in [4.78, 5) is 25.9. The first kappa shape index (κ1) is 15.0. The molecule has 118 valence electrons. The highest BCUT2D eigenvalue weighted by Gasteiger charge is 2.29. The fraction of sp³-hybridized carbons (Fsp3) is 0.500. The van der Waals surface area contributed by atoms with E-state index in [1.165, 1.54) is 12.1 Å². The Kier molecular flexibility index (Phi) is 4.38. The number of likely N-dealkylation sites (tertiary alicyclic amines) is 1. The minimum absolute atomic E-state index is 0.0816. The van der Waals surface area contributed by atoms with Crippen molar-refractivity contribution in [2.45, 2.75) is 18.9 Å². The third-order valence-electron chi connectivity index (χ3n) is 4.39. The van der Waals surface area contributed by atoms with Gasteiger partial charge in [-0.1, -0.05) is 12.1 Å². The molecular weight excluding hydrogens is 285 g/mol. The van der Waals surface area contributed by atoms with Gasteiger partial charge in [0.15, 0.2) is 0 Å². The molecule has 22 heavy (non-hydrogen) atoms. The number of benzene rings is 1. The predicted octanol–water partition coefficient (Wildman–Crippen LogP) is 0.766. The SMILES string of the molecule is O=C(NC1CCN(C(=O)c2ccccc2F)CC1)C1CNC1. The smallest absolute Gasteiger partial charge is 0.256 e. The molecule has 2 saturated heterocycles. The average Bonchev–Trinajstić information content (AvgIpc) is 2.46. The highest BCUT2D eigenvalue weighted by molar-refractivity contribution is 5.94. The summed E-state index contributed by atoms with van der Waals surface area (Å²) in [5, 5.41) is 6.12. The van der Waals surface area contributed by atoms with Gasteiger partial charge in [-0.25, -0.2) is 4.39 Å². The van der Waals surface area contributed by atoms with Crippen molar-refractivity contribution >= 4 is 11.8 Å². The molecule has 2 amide bonds. The predicted molar refractivity (Wildman–Crippen MR) is 79.8 cm³/mol. The lowest BCUT2D eigenvalue weighted by atomic mass is 9.99. The van der Waals surface area contributed by atoms with Crippen LogP contribution in [-0.2, 0) is 4.79 Å². The van der Waals surface area contributed by atoms with E-state index in [1.54, 1.807) is 17.0 Å². The molecule has 6 heteroatoms. The van der Waals surface area contributed by atoms with Gasteiger partial charge in [-0.2, -0.15) is 0 Å². The lowest BCUT2D eigenvalue weighted by molar-refractivity contribution is -0.127. The van der Waals surface area contributed by atoms with E-state index in [4.69, 9.17) is 0 Å². The lowest BCUT2D eigenvalue weighted by Crippen LogP contribution is -2.54. The molecule has 0 unspecified atom stereocenters. The Morgan fingerprint density at radius 2 is 1.86 bits per heavy atom. The minimum atomic E-state index is -0.486. The van der Waals surface area contributed by atoms with Crippen LogP contribution in [-0.4, -0.2) is 48.9 Å². The van der Waals surface area contributed by atoms with Crippen molar-refractivity contribution in [2.24, 2.45) is 5.92 Å². The van der Waals surface area contributed by atoms with E-state index in [0.717, 1.165) is 13.1 Å². The second kappa shape index (κ2) is 6.44. The Balaban J connectivity index is 1.52. The first-order valence-corrected chi connectivity index (χ1v) is 7.70. The third kappa shape index (κ3) is 3.11. The molecule has 2 N–H and O–H groups in total. The minimum Gasteiger partial charge on any atom is -0.353 e. The Morgan fingerprint density at radius 3 is 2.45 bits per heavy atom. The number of halogens is 1. The summed E-state index contributed by atoms with van der Waals surface area (Å²) in [6.07, 6.45) is 1.43. The highest BCUT2D eigenvalue weighted by Crippen LogP contribution is 2.16. The van der Waals surface area contributed by atoms with E-state index in [1.807, 2.05) is 0 Å². The molecule has 0 aliphatic carbocycles. The second-order valence-corrected chi connectivity index (χ2v) is 5.91. The van der Waals surface area contributed by atoms with Crippen molar-refractivity contribution in [1.82, 2.24) is 15.5 Å². The van der Waals surface area contributed by atoms with E-state index in [0.29, 0.717) is 25.9 Å². The van der Waals surface area contributed by atoms with Gasteiger partial charge in [0.25, 0.3) is 5.91 Å². The van der Waals surface area contributed by atoms with Crippen LogP contribution in [0.25, 0.3) is 0 Å². The van der Waals surface area contributed by atoms with Crippen molar-refractivity contribution in [3.63, 3.8) is 0 Å². The monoisotopic (exact) mass is 305 g/mol. The van der Waals surface area contributed by atoms with E-state index in [2.05, 4.69) is 10.6 Å². The number of rotatable bonds is 3. The van der Waals surface area contributed by atoms with Crippen LogP contribution in [0.2, 0.25) is 0 Å². The summed E-state index contributed by atoms with van der Waals surface area (Å²) >= 11 is 0. The molecule has 0 saturated carbocycles. The van der Waals surface area contributed by atoms with Crippen LogP contribution in [0.1, 0.15) is 23.2 Å². The van der Waals surface area contributed by atoms with Gasteiger partial charge in [0.1, 0.15) is 5.82 Å². The van der Waals surface area contributed by atoms with Gasteiger partial charge < -0.3 is 15.5 Å². The number of hydrogen-bond donors (Lipinski definition) is 2. The normalized spacial score (nSPS) is 19.6. The maximum atomic E-state index is 13.7. The van der Waals surface area contributed by atoms with Gasteiger partial charge in [0.05, 0.1) is 11.5 Å². The highest BCUT2D eigenvalue weighted by atomic mass is 19.1. The van der Waals surface area contributed by atoms with Crippen LogP contribution in [0, 0.1) is 11.7 Å². The molecule has 1 aromatic carbocycles. The van der Waals surface area contributed by atoms with Gasteiger partial charge in [0.2, 0.25) is 5.91 Å². The molecule has 0 atom stereocenters. The molecule has 2 fully saturated rings. The third-order valence-corrected chi connectivity index (χ3v) is 4.39. The van der Waals surface area contributed by atoms with E-state index in [9.17, 15) is 14.0 Å². The van der Waals surface area contributed by atoms with Crippen molar-refractivity contribution in [3.8, 4) is 0 Å². The number of hydrogen-bond acceptors (Lipinski definition) is 3. The largest absolute Gasteiger partial charge is 0.353 e. The van der Waals surface area contributed by atoms with Gasteiger partial charge in [0, 0.05) is 32.2 Å². The fourth-order valence-corrected chi connectivity index (χ4v) is 2.83. The molecular formula is C16H20FN3O2. The summed E-state index contributed by atoms with van der Waals surface area (Å²) in [6.45, 7) is 2.58. The zero-order chi connectivity index (χ0) is 15.5. The number of carbonyl (C=O) groups excluding carboxylic acids is 2. The first-order valence-electron chi connectivity index (χ1n) is 7.70. The topological polar surface area (TPSA) is 61.4 Å². The maximum Gasteiger partial charge on any atom is 0.256 e. The van der Waals surface area contributed by atoms with Gasteiger partial charge >= 0.3 is 0 Å². The van der Waals surface area contributed by atoms with Crippen molar-refractivity contribution in [3.05, 3.63) is 35.6 Å². The molecule has 2 aliphatic rings. The van der Waals surface area contributed by atoms with Crippen LogP contribution in [0.4, 0.5) is 4.39 Å². The summed E-state index contributed by atoms with van der Waals surface area (Å²) in [5.41, 5.74) is 0.116. The Labute approximate surface area is 128 Å². The molecule has 0 radical (unpaired) electrons. The number of amides is 2. The molecule has 3 rings (SSSR count). The van der Waals surface area contributed by atoms with Crippen molar-refractivity contribution in [1.29, 1.82) is 0 Å². The number of piperidine rings is 1.